The summed E-state index contributed by atoms with van der Waals surface area (Å²) in [5, 5.41) is 0. The van der Waals surface area contributed by atoms with Crippen LogP contribution in [0.4, 0.5) is 16.2 Å². The quantitative estimate of drug-likeness (QED) is 0.866. The maximum atomic E-state index is 12.3. The van der Waals surface area contributed by atoms with Gasteiger partial charge in [-0.15, -0.1) is 0 Å². The van der Waals surface area contributed by atoms with Gasteiger partial charge in [0.05, 0.1) is 6.04 Å². The Morgan fingerprint density at radius 2 is 1.95 bits per heavy atom. The summed E-state index contributed by atoms with van der Waals surface area (Å²) in [4.78, 5) is 18.1. The SMILES string of the molecule is CN(C)c1ccc(N2C[C@@H]3[C@H](N)CCN3C2=O)cc1. The van der Waals surface area contributed by atoms with Gasteiger partial charge in [0.15, 0.2) is 0 Å². The number of nitrogens with zero attached hydrogens (tertiary/aromatic N) is 3. The topological polar surface area (TPSA) is 52.8 Å². The van der Waals surface area contributed by atoms with Gasteiger partial charge in [-0.1, -0.05) is 0 Å². The minimum atomic E-state index is 0.0931. The van der Waals surface area contributed by atoms with Gasteiger partial charge in [-0.25, -0.2) is 4.79 Å². The predicted octanol–water partition coefficient (Wildman–Crippen LogP) is 1.09. The fourth-order valence-corrected chi connectivity index (χ4v) is 2.92. The monoisotopic (exact) mass is 260 g/mol. The van der Waals surface area contributed by atoms with Crippen molar-refractivity contribution in [3.63, 3.8) is 0 Å². The van der Waals surface area contributed by atoms with E-state index in [1.165, 1.54) is 0 Å². The maximum Gasteiger partial charge on any atom is 0.324 e. The summed E-state index contributed by atoms with van der Waals surface area (Å²) >= 11 is 0. The van der Waals surface area contributed by atoms with E-state index in [4.69, 9.17) is 5.73 Å². The number of urea groups is 1. The molecule has 0 aliphatic carbocycles. The lowest BCUT2D eigenvalue weighted by molar-refractivity contribution is 0.218. The number of carbonyl (C=O) groups excluding carboxylic acids is 1. The van der Waals surface area contributed by atoms with Crippen LogP contribution in [-0.2, 0) is 0 Å². The van der Waals surface area contributed by atoms with E-state index in [2.05, 4.69) is 0 Å². The molecule has 2 aliphatic rings. The minimum absolute atomic E-state index is 0.0931. The van der Waals surface area contributed by atoms with E-state index in [0.717, 1.165) is 24.3 Å². The molecule has 2 aliphatic heterocycles. The van der Waals surface area contributed by atoms with Crippen LogP contribution in [0.3, 0.4) is 0 Å². The number of amides is 2. The summed E-state index contributed by atoms with van der Waals surface area (Å²) in [7, 11) is 4.01. The highest BCUT2D eigenvalue weighted by Crippen LogP contribution is 2.30. The van der Waals surface area contributed by atoms with Gasteiger partial charge in [0.2, 0.25) is 0 Å². The Kier molecular flexibility index (Phi) is 2.86. The molecule has 2 saturated heterocycles. The fraction of sp³-hybridized carbons (Fsp3) is 0.500. The van der Waals surface area contributed by atoms with Crippen LogP contribution in [0.15, 0.2) is 24.3 Å². The van der Waals surface area contributed by atoms with Crippen LogP contribution in [0.5, 0.6) is 0 Å². The van der Waals surface area contributed by atoms with E-state index in [9.17, 15) is 4.79 Å². The number of carbonyl (C=O) groups is 1. The van der Waals surface area contributed by atoms with Crippen molar-refractivity contribution >= 4 is 17.4 Å². The Morgan fingerprint density at radius 3 is 2.53 bits per heavy atom. The minimum Gasteiger partial charge on any atom is -0.378 e. The van der Waals surface area contributed by atoms with Gasteiger partial charge < -0.3 is 15.5 Å². The molecule has 0 radical (unpaired) electrons. The summed E-state index contributed by atoms with van der Waals surface area (Å²) in [6, 6.07) is 8.46. The first-order valence-corrected chi connectivity index (χ1v) is 6.69. The number of fused-ring (bicyclic) bond motifs is 1. The second kappa shape index (κ2) is 4.42. The van der Waals surface area contributed by atoms with Gasteiger partial charge >= 0.3 is 6.03 Å². The Labute approximate surface area is 113 Å². The third kappa shape index (κ3) is 1.94. The molecule has 5 heteroatoms. The van der Waals surface area contributed by atoms with Gasteiger partial charge in [-0.2, -0.15) is 0 Å². The van der Waals surface area contributed by atoms with Crippen LogP contribution in [0.2, 0.25) is 0 Å². The van der Waals surface area contributed by atoms with E-state index < -0.39 is 0 Å². The van der Waals surface area contributed by atoms with Gasteiger partial charge in [-0.05, 0) is 30.7 Å². The average molecular weight is 260 g/mol. The molecule has 1 aromatic rings. The first-order valence-electron chi connectivity index (χ1n) is 6.69. The average Bonchev–Trinajstić information content (AvgIpc) is 2.92. The number of anilines is 2. The molecule has 0 spiro atoms. The van der Waals surface area contributed by atoms with E-state index in [1.807, 2.05) is 53.1 Å². The molecule has 19 heavy (non-hydrogen) atoms. The summed E-state index contributed by atoms with van der Waals surface area (Å²) < 4.78 is 0. The third-order valence-electron chi connectivity index (χ3n) is 4.12. The first kappa shape index (κ1) is 12.3. The van der Waals surface area contributed by atoms with Gasteiger partial charge in [0.1, 0.15) is 0 Å². The molecule has 3 rings (SSSR count). The zero-order valence-corrected chi connectivity index (χ0v) is 11.4. The molecule has 2 atom stereocenters. The highest BCUT2D eigenvalue weighted by atomic mass is 16.2. The molecule has 1 aromatic carbocycles. The molecule has 2 heterocycles. The Hall–Kier alpha value is -1.75. The van der Waals surface area contributed by atoms with Gasteiger partial charge in [0.25, 0.3) is 0 Å². The lowest BCUT2D eigenvalue weighted by atomic mass is 10.1. The van der Waals surface area contributed by atoms with E-state index in [0.29, 0.717) is 6.54 Å². The molecular weight excluding hydrogens is 240 g/mol. The number of rotatable bonds is 2. The highest BCUT2D eigenvalue weighted by molar-refractivity contribution is 5.95. The van der Waals surface area contributed by atoms with Crippen molar-refractivity contribution in [3.8, 4) is 0 Å². The van der Waals surface area contributed by atoms with Crippen molar-refractivity contribution in [2.24, 2.45) is 5.73 Å². The van der Waals surface area contributed by atoms with Gasteiger partial charge in [0, 0.05) is 44.6 Å². The molecule has 5 nitrogen and oxygen atoms in total. The fourth-order valence-electron chi connectivity index (χ4n) is 2.92. The molecular formula is C14H20N4O. The molecule has 0 aromatic heterocycles. The van der Waals surface area contributed by atoms with E-state index in [-0.39, 0.29) is 18.1 Å². The Balaban J connectivity index is 1.82. The van der Waals surface area contributed by atoms with Gasteiger partial charge in [-0.3, -0.25) is 4.90 Å². The number of nitrogens with two attached hydrogens (primary N) is 1. The normalized spacial score (nSPS) is 25.9. The third-order valence-corrected chi connectivity index (χ3v) is 4.12. The lowest BCUT2D eigenvalue weighted by Crippen LogP contribution is -2.37. The number of hydrogen-bond acceptors (Lipinski definition) is 3. The second-order valence-electron chi connectivity index (χ2n) is 5.52. The number of hydrogen-bond donors (Lipinski definition) is 1. The standard InChI is InChI=1S/C14H20N4O/c1-16(2)10-3-5-11(6-4-10)18-9-13-12(15)7-8-17(13)14(18)19/h3-6,12-13H,7-9,15H2,1-2H3/t12-,13-/m1/s1. The lowest BCUT2D eigenvalue weighted by Gasteiger charge is -2.19. The van der Waals surface area contributed by atoms with Crippen molar-refractivity contribution in [2.75, 3.05) is 37.0 Å². The zero-order chi connectivity index (χ0) is 13.6. The zero-order valence-electron chi connectivity index (χ0n) is 11.4. The van der Waals surface area contributed by atoms with Crippen LogP contribution < -0.4 is 15.5 Å². The molecule has 2 fully saturated rings. The summed E-state index contributed by atoms with van der Waals surface area (Å²) in [5.41, 5.74) is 8.15. The van der Waals surface area contributed by atoms with Crippen molar-refractivity contribution in [3.05, 3.63) is 24.3 Å². The van der Waals surface area contributed by atoms with E-state index in [1.54, 1.807) is 0 Å². The van der Waals surface area contributed by atoms with Crippen LogP contribution in [0.25, 0.3) is 0 Å². The molecule has 0 bridgehead atoms. The van der Waals surface area contributed by atoms with Crippen LogP contribution in [0.1, 0.15) is 6.42 Å². The first-order chi connectivity index (χ1) is 9.08. The summed E-state index contributed by atoms with van der Waals surface area (Å²) in [6.45, 7) is 1.50. The van der Waals surface area contributed by atoms with Crippen LogP contribution in [-0.4, -0.2) is 50.2 Å². The van der Waals surface area contributed by atoms with Crippen molar-refractivity contribution in [1.29, 1.82) is 0 Å². The van der Waals surface area contributed by atoms with Crippen molar-refractivity contribution in [2.45, 2.75) is 18.5 Å². The summed E-state index contributed by atoms with van der Waals surface area (Å²) in [6.07, 6.45) is 0.920. The summed E-state index contributed by atoms with van der Waals surface area (Å²) in [5.74, 6) is 0. The number of benzene rings is 1. The predicted molar refractivity (Wildman–Crippen MR) is 76.6 cm³/mol. The molecule has 0 unspecified atom stereocenters. The molecule has 2 N–H and O–H groups in total. The van der Waals surface area contributed by atoms with Crippen molar-refractivity contribution < 1.29 is 4.79 Å². The van der Waals surface area contributed by atoms with Crippen LogP contribution in [0, 0.1) is 0 Å². The molecule has 0 saturated carbocycles. The Bertz CT molecular complexity index is 485. The second-order valence-corrected chi connectivity index (χ2v) is 5.52. The van der Waals surface area contributed by atoms with Crippen molar-refractivity contribution in [1.82, 2.24) is 4.90 Å². The smallest absolute Gasteiger partial charge is 0.324 e. The van der Waals surface area contributed by atoms with Crippen LogP contribution >= 0.6 is 0 Å². The Morgan fingerprint density at radius 1 is 1.26 bits per heavy atom. The highest BCUT2D eigenvalue weighted by Gasteiger charge is 2.44. The van der Waals surface area contributed by atoms with E-state index >= 15 is 0 Å². The molecule has 2 amide bonds. The molecule has 102 valence electrons. The maximum absolute atomic E-state index is 12.3. The largest absolute Gasteiger partial charge is 0.378 e.